The largest absolute Gasteiger partial charge is 0.519 e. The highest BCUT2D eigenvalue weighted by Gasteiger charge is 2.30. The van der Waals surface area contributed by atoms with E-state index in [1.54, 1.807) is 0 Å². The fraction of sp³-hybridized carbons (Fsp3) is 0.467. The van der Waals surface area contributed by atoms with Crippen molar-refractivity contribution in [3.05, 3.63) is 41.8 Å². The van der Waals surface area contributed by atoms with Crippen LogP contribution in [0.1, 0.15) is 25.3 Å². The molecule has 98 valence electrons. The van der Waals surface area contributed by atoms with Crippen LogP contribution in [-0.4, -0.2) is 14.4 Å². The third-order valence-corrected chi connectivity index (χ3v) is 3.73. The van der Waals surface area contributed by atoms with E-state index >= 15 is 0 Å². The molecule has 2 nitrogen and oxygen atoms in total. The third kappa shape index (κ3) is 3.16. The Balaban J connectivity index is 2.29. The average molecular weight is 262 g/mol. The van der Waals surface area contributed by atoms with Gasteiger partial charge in [0, 0.05) is 12.0 Å². The number of rotatable bonds is 4. The number of hydrogen-bond donors (Lipinski definition) is 0. The molecule has 1 unspecified atom stereocenters. The fourth-order valence-corrected chi connectivity index (χ4v) is 2.77. The minimum absolute atomic E-state index is 0.270. The molecule has 0 spiro atoms. The maximum Gasteiger partial charge on any atom is 0.269 e. The summed E-state index contributed by atoms with van der Waals surface area (Å²) in [4.78, 5) is 0. The first-order valence-electron chi connectivity index (χ1n) is 6.64. The Hall–Kier alpha value is -1.22. The van der Waals surface area contributed by atoms with E-state index in [1.165, 1.54) is 11.1 Å². The van der Waals surface area contributed by atoms with Crippen molar-refractivity contribution in [3.63, 3.8) is 0 Å². The van der Waals surface area contributed by atoms with Crippen LogP contribution in [0.5, 0.6) is 0 Å². The van der Waals surface area contributed by atoms with Crippen LogP contribution in [0, 0.1) is 0 Å². The lowest BCUT2D eigenvalue weighted by Gasteiger charge is -2.21. The summed E-state index contributed by atoms with van der Waals surface area (Å²) in [6.07, 6.45) is 2.25. The SMILES string of the molecule is CCC1CC(c2ccccc2)=C(O[Si](C)(C)C)O1. The maximum atomic E-state index is 6.09. The second kappa shape index (κ2) is 5.18. The van der Waals surface area contributed by atoms with Gasteiger partial charge in [0.2, 0.25) is 8.32 Å². The van der Waals surface area contributed by atoms with Crippen LogP contribution >= 0.6 is 0 Å². The second-order valence-electron chi connectivity index (χ2n) is 5.70. The number of hydrogen-bond acceptors (Lipinski definition) is 2. The van der Waals surface area contributed by atoms with Crippen LogP contribution in [0.3, 0.4) is 0 Å². The molecule has 2 rings (SSSR count). The molecule has 0 amide bonds. The smallest absolute Gasteiger partial charge is 0.269 e. The highest BCUT2D eigenvalue weighted by molar-refractivity contribution is 6.70. The Morgan fingerprint density at radius 3 is 2.44 bits per heavy atom. The van der Waals surface area contributed by atoms with E-state index in [1.807, 2.05) is 6.07 Å². The topological polar surface area (TPSA) is 18.5 Å². The Morgan fingerprint density at radius 2 is 1.89 bits per heavy atom. The van der Waals surface area contributed by atoms with E-state index in [0.29, 0.717) is 0 Å². The van der Waals surface area contributed by atoms with Crippen LogP contribution in [0.15, 0.2) is 36.3 Å². The van der Waals surface area contributed by atoms with Gasteiger partial charge in [0.15, 0.2) is 0 Å². The molecule has 0 aliphatic carbocycles. The van der Waals surface area contributed by atoms with Crippen LogP contribution in [0.2, 0.25) is 19.6 Å². The van der Waals surface area contributed by atoms with Gasteiger partial charge in [0.1, 0.15) is 6.10 Å². The van der Waals surface area contributed by atoms with Gasteiger partial charge in [-0.05, 0) is 31.6 Å². The summed E-state index contributed by atoms with van der Waals surface area (Å²) in [6, 6.07) is 10.4. The summed E-state index contributed by atoms with van der Waals surface area (Å²) in [7, 11) is -1.62. The van der Waals surface area contributed by atoms with Crippen molar-refractivity contribution in [2.75, 3.05) is 0 Å². The lowest BCUT2D eigenvalue weighted by atomic mass is 10.0. The Kier molecular flexibility index (Phi) is 3.81. The number of ether oxygens (including phenoxy) is 1. The first kappa shape index (κ1) is 13.2. The van der Waals surface area contributed by atoms with Crippen LogP contribution in [0.25, 0.3) is 5.57 Å². The van der Waals surface area contributed by atoms with Gasteiger partial charge in [0.05, 0.1) is 0 Å². The summed E-state index contributed by atoms with van der Waals surface area (Å²) >= 11 is 0. The predicted octanol–water partition coefficient (Wildman–Crippen LogP) is 4.41. The zero-order valence-electron chi connectivity index (χ0n) is 11.7. The predicted molar refractivity (Wildman–Crippen MR) is 77.6 cm³/mol. The molecular weight excluding hydrogens is 240 g/mol. The lowest BCUT2D eigenvalue weighted by molar-refractivity contribution is 0.0638. The van der Waals surface area contributed by atoms with Crippen molar-refractivity contribution < 1.29 is 9.16 Å². The van der Waals surface area contributed by atoms with E-state index in [2.05, 4.69) is 50.8 Å². The first-order chi connectivity index (χ1) is 8.49. The van der Waals surface area contributed by atoms with Crippen molar-refractivity contribution in [1.29, 1.82) is 0 Å². The molecule has 0 N–H and O–H groups in total. The van der Waals surface area contributed by atoms with Crippen molar-refractivity contribution in [2.24, 2.45) is 0 Å². The highest BCUT2D eigenvalue weighted by atomic mass is 28.4. The summed E-state index contributed by atoms with van der Waals surface area (Å²) in [5.74, 6) is 0.771. The Morgan fingerprint density at radius 1 is 1.22 bits per heavy atom. The van der Waals surface area contributed by atoms with E-state index in [9.17, 15) is 0 Å². The van der Waals surface area contributed by atoms with Gasteiger partial charge < -0.3 is 9.16 Å². The Labute approximate surface area is 111 Å². The maximum absolute atomic E-state index is 6.09. The van der Waals surface area contributed by atoms with Gasteiger partial charge in [-0.3, -0.25) is 0 Å². The van der Waals surface area contributed by atoms with E-state index < -0.39 is 8.32 Å². The van der Waals surface area contributed by atoms with Crippen molar-refractivity contribution >= 4 is 13.9 Å². The van der Waals surface area contributed by atoms with Crippen molar-refractivity contribution in [2.45, 2.75) is 45.5 Å². The van der Waals surface area contributed by atoms with Gasteiger partial charge in [0.25, 0.3) is 5.95 Å². The number of benzene rings is 1. The minimum Gasteiger partial charge on any atom is -0.519 e. The van der Waals surface area contributed by atoms with E-state index in [-0.39, 0.29) is 6.10 Å². The zero-order valence-corrected chi connectivity index (χ0v) is 12.7. The molecule has 1 aliphatic rings. The van der Waals surface area contributed by atoms with Gasteiger partial charge in [-0.2, -0.15) is 0 Å². The molecule has 0 aromatic heterocycles. The van der Waals surface area contributed by atoms with Crippen molar-refractivity contribution in [1.82, 2.24) is 0 Å². The normalized spacial score (nSPS) is 19.9. The summed E-state index contributed by atoms with van der Waals surface area (Å²) < 4.78 is 12.0. The molecule has 1 heterocycles. The zero-order chi connectivity index (χ0) is 13.2. The molecule has 0 saturated heterocycles. The molecule has 3 heteroatoms. The van der Waals surface area contributed by atoms with Crippen LogP contribution < -0.4 is 0 Å². The molecule has 1 aromatic rings. The molecule has 0 bridgehead atoms. The van der Waals surface area contributed by atoms with Gasteiger partial charge in [-0.15, -0.1) is 0 Å². The minimum atomic E-state index is -1.62. The van der Waals surface area contributed by atoms with E-state index in [0.717, 1.165) is 18.8 Å². The molecule has 1 aromatic carbocycles. The molecule has 0 radical (unpaired) electrons. The quantitative estimate of drug-likeness (QED) is 0.748. The fourth-order valence-electron chi connectivity index (χ4n) is 2.04. The van der Waals surface area contributed by atoms with E-state index in [4.69, 9.17) is 9.16 Å². The lowest BCUT2D eigenvalue weighted by Crippen LogP contribution is -2.25. The highest BCUT2D eigenvalue weighted by Crippen LogP contribution is 2.36. The van der Waals surface area contributed by atoms with Gasteiger partial charge >= 0.3 is 0 Å². The second-order valence-corrected chi connectivity index (χ2v) is 10.1. The average Bonchev–Trinajstić information content (AvgIpc) is 2.71. The summed E-state index contributed by atoms with van der Waals surface area (Å²) in [5.41, 5.74) is 2.45. The van der Waals surface area contributed by atoms with Crippen LogP contribution in [-0.2, 0) is 9.16 Å². The summed E-state index contributed by atoms with van der Waals surface area (Å²) in [6.45, 7) is 8.71. The Bertz CT molecular complexity index is 432. The molecule has 1 atom stereocenters. The molecule has 18 heavy (non-hydrogen) atoms. The molecular formula is C15H22O2Si. The monoisotopic (exact) mass is 262 g/mol. The molecule has 0 saturated carbocycles. The molecule has 0 fully saturated rings. The first-order valence-corrected chi connectivity index (χ1v) is 10.0. The van der Waals surface area contributed by atoms with Crippen molar-refractivity contribution in [3.8, 4) is 0 Å². The standard InChI is InChI=1S/C15H22O2Si/c1-5-13-11-14(12-9-7-6-8-10-12)15(16-13)17-18(2,3)4/h6-10,13H,5,11H2,1-4H3. The van der Waals surface area contributed by atoms with Gasteiger partial charge in [-0.25, -0.2) is 0 Å². The summed E-state index contributed by atoms with van der Waals surface area (Å²) in [5, 5.41) is 0. The van der Waals surface area contributed by atoms with Crippen LogP contribution in [0.4, 0.5) is 0 Å². The molecule has 1 aliphatic heterocycles. The van der Waals surface area contributed by atoms with Gasteiger partial charge in [-0.1, -0.05) is 37.3 Å². The third-order valence-electron chi connectivity index (χ3n) is 2.93.